The summed E-state index contributed by atoms with van der Waals surface area (Å²) in [7, 11) is 0. The number of benzene rings is 1. The van der Waals surface area contributed by atoms with Crippen molar-refractivity contribution >= 4 is 21.8 Å². The lowest BCUT2D eigenvalue weighted by molar-refractivity contribution is 0.0550. The fourth-order valence-electron chi connectivity index (χ4n) is 1.86. The van der Waals surface area contributed by atoms with Gasteiger partial charge in [0.2, 0.25) is 0 Å². The van der Waals surface area contributed by atoms with Crippen LogP contribution in [0.25, 0.3) is 0 Å². The van der Waals surface area contributed by atoms with Gasteiger partial charge in [0.15, 0.2) is 0 Å². The molecule has 1 aromatic carbocycles. The van der Waals surface area contributed by atoms with Gasteiger partial charge < -0.3 is 14.4 Å². The predicted molar refractivity (Wildman–Crippen MR) is 87.8 cm³/mol. The number of carbonyl (C=O) groups excluding carboxylic acids is 1. The van der Waals surface area contributed by atoms with Crippen LogP contribution in [0.4, 0.5) is 0 Å². The van der Waals surface area contributed by atoms with Crippen LogP contribution in [0.3, 0.4) is 0 Å². The van der Waals surface area contributed by atoms with E-state index in [4.69, 9.17) is 9.47 Å². The fourth-order valence-corrected chi connectivity index (χ4v) is 2.24. The van der Waals surface area contributed by atoms with Crippen LogP contribution in [0.2, 0.25) is 0 Å². The Hall–Kier alpha value is -0.910. The molecule has 1 rings (SSSR count). The van der Waals surface area contributed by atoms with Gasteiger partial charge in [0.1, 0.15) is 0 Å². The third-order valence-corrected chi connectivity index (χ3v) is 3.98. The van der Waals surface area contributed by atoms with Crippen molar-refractivity contribution in [1.29, 1.82) is 0 Å². The highest BCUT2D eigenvalue weighted by Gasteiger charge is 2.16. The number of hydrogen-bond acceptors (Lipinski definition) is 3. The monoisotopic (exact) mass is 357 g/mol. The highest BCUT2D eigenvalue weighted by molar-refractivity contribution is 9.10. The van der Waals surface area contributed by atoms with E-state index in [1.165, 1.54) is 0 Å². The predicted octanol–water partition coefficient (Wildman–Crippen LogP) is 3.27. The van der Waals surface area contributed by atoms with Gasteiger partial charge in [0.25, 0.3) is 5.91 Å². The van der Waals surface area contributed by atoms with Crippen molar-refractivity contribution < 1.29 is 14.3 Å². The molecule has 0 aliphatic heterocycles. The third kappa shape index (κ3) is 6.16. The van der Waals surface area contributed by atoms with Crippen LogP contribution in [0.1, 0.15) is 29.8 Å². The van der Waals surface area contributed by atoms with E-state index in [2.05, 4.69) is 15.9 Å². The van der Waals surface area contributed by atoms with Gasteiger partial charge in [-0.2, -0.15) is 0 Å². The van der Waals surface area contributed by atoms with Gasteiger partial charge >= 0.3 is 0 Å². The Kier molecular flexibility index (Phi) is 8.57. The quantitative estimate of drug-likeness (QED) is 0.636. The number of ether oxygens (including phenoxy) is 2. The molecular formula is C16H24BrNO3. The van der Waals surface area contributed by atoms with Gasteiger partial charge in [0.05, 0.1) is 13.2 Å². The van der Waals surface area contributed by atoms with Crippen LogP contribution in [-0.4, -0.2) is 50.3 Å². The number of nitrogens with zero attached hydrogens (tertiary/aromatic N) is 1. The summed E-state index contributed by atoms with van der Waals surface area (Å²) in [6.07, 6.45) is 0. The topological polar surface area (TPSA) is 38.8 Å². The molecule has 0 heterocycles. The molecule has 0 bridgehead atoms. The Balaban J connectivity index is 2.73. The molecule has 0 atom stereocenters. The van der Waals surface area contributed by atoms with Crippen LogP contribution in [-0.2, 0) is 9.47 Å². The molecule has 4 nitrogen and oxygen atoms in total. The molecule has 0 N–H and O–H groups in total. The average Bonchev–Trinajstić information content (AvgIpc) is 2.48. The van der Waals surface area contributed by atoms with Crippen molar-refractivity contribution in [2.24, 2.45) is 0 Å². The molecule has 5 heteroatoms. The van der Waals surface area contributed by atoms with Crippen LogP contribution in [0.5, 0.6) is 0 Å². The molecule has 1 amide bonds. The van der Waals surface area contributed by atoms with Crippen LogP contribution in [0, 0.1) is 6.92 Å². The summed E-state index contributed by atoms with van der Waals surface area (Å²) in [6, 6.07) is 5.67. The zero-order chi connectivity index (χ0) is 15.7. The second-order valence-electron chi connectivity index (χ2n) is 4.65. The maximum absolute atomic E-state index is 12.6. The standard InChI is InChI=1S/C16H24BrNO3/c1-4-20-10-8-18(9-11-21-5-2)16(19)14-7-6-13(3)15(17)12-14/h6-7,12H,4-5,8-11H2,1-3H3. The van der Waals surface area contributed by atoms with Gasteiger partial charge in [-0.1, -0.05) is 22.0 Å². The summed E-state index contributed by atoms with van der Waals surface area (Å²) >= 11 is 3.47. The van der Waals surface area contributed by atoms with Crippen molar-refractivity contribution in [2.75, 3.05) is 39.5 Å². The first-order valence-corrected chi connectivity index (χ1v) is 8.10. The largest absolute Gasteiger partial charge is 0.380 e. The fraction of sp³-hybridized carbons (Fsp3) is 0.562. The second-order valence-corrected chi connectivity index (χ2v) is 5.50. The van der Waals surface area contributed by atoms with E-state index in [0.29, 0.717) is 45.1 Å². The van der Waals surface area contributed by atoms with E-state index >= 15 is 0 Å². The van der Waals surface area contributed by atoms with Crippen molar-refractivity contribution in [3.63, 3.8) is 0 Å². The van der Waals surface area contributed by atoms with Gasteiger partial charge in [-0.3, -0.25) is 4.79 Å². The molecule has 0 saturated heterocycles. The first kappa shape index (κ1) is 18.1. The Morgan fingerprint density at radius 2 is 1.71 bits per heavy atom. The summed E-state index contributed by atoms with van der Waals surface area (Å²) in [5.74, 6) is 0.00936. The molecule has 1 aromatic rings. The Morgan fingerprint density at radius 1 is 1.14 bits per heavy atom. The van der Waals surface area contributed by atoms with Crippen molar-refractivity contribution in [3.8, 4) is 0 Å². The number of carbonyl (C=O) groups is 1. The van der Waals surface area contributed by atoms with E-state index in [1.807, 2.05) is 39.0 Å². The molecule has 0 radical (unpaired) electrons. The van der Waals surface area contributed by atoms with Crippen molar-refractivity contribution in [1.82, 2.24) is 4.90 Å². The minimum absolute atomic E-state index is 0.00936. The normalized spacial score (nSPS) is 10.7. The lowest BCUT2D eigenvalue weighted by atomic mass is 10.1. The van der Waals surface area contributed by atoms with Gasteiger partial charge in [0, 0.05) is 36.3 Å². The van der Waals surface area contributed by atoms with Gasteiger partial charge in [-0.05, 0) is 38.5 Å². The molecule has 0 spiro atoms. The molecule has 21 heavy (non-hydrogen) atoms. The molecule has 0 saturated carbocycles. The Bertz CT molecular complexity index is 441. The van der Waals surface area contributed by atoms with E-state index in [1.54, 1.807) is 4.90 Å². The van der Waals surface area contributed by atoms with E-state index in [9.17, 15) is 4.79 Å². The molecule has 0 aromatic heterocycles. The number of halogens is 1. The lowest BCUT2D eigenvalue weighted by Crippen LogP contribution is -2.36. The molecule has 0 aliphatic rings. The SMILES string of the molecule is CCOCCN(CCOCC)C(=O)c1ccc(C)c(Br)c1. The van der Waals surface area contributed by atoms with Crippen LogP contribution >= 0.6 is 15.9 Å². The molecular weight excluding hydrogens is 334 g/mol. The van der Waals surface area contributed by atoms with E-state index in [-0.39, 0.29) is 5.91 Å². The summed E-state index contributed by atoms with van der Waals surface area (Å²) in [6.45, 7) is 9.44. The molecule has 0 unspecified atom stereocenters. The highest BCUT2D eigenvalue weighted by Crippen LogP contribution is 2.18. The molecule has 0 fully saturated rings. The minimum atomic E-state index is 0.00936. The number of aryl methyl sites for hydroxylation is 1. The first-order chi connectivity index (χ1) is 10.1. The van der Waals surface area contributed by atoms with Crippen LogP contribution < -0.4 is 0 Å². The van der Waals surface area contributed by atoms with Gasteiger partial charge in [-0.15, -0.1) is 0 Å². The first-order valence-electron chi connectivity index (χ1n) is 7.31. The zero-order valence-corrected chi connectivity index (χ0v) is 14.6. The lowest BCUT2D eigenvalue weighted by Gasteiger charge is -2.23. The minimum Gasteiger partial charge on any atom is -0.380 e. The zero-order valence-electron chi connectivity index (χ0n) is 13.0. The Morgan fingerprint density at radius 3 is 2.19 bits per heavy atom. The van der Waals surface area contributed by atoms with E-state index < -0.39 is 0 Å². The third-order valence-electron chi connectivity index (χ3n) is 3.13. The number of amides is 1. The molecule has 118 valence electrons. The average molecular weight is 358 g/mol. The van der Waals surface area contributed by atoms with E-state index in [0.717, 1.165) is 10.0 Å². The smallest absolute Gasteiger partial charge is 0.254 e. The highest BCUT2D eigenvalue weighted by atomic mass is 79.9. The molecule has 0 aliphatic carbocycles. The van der Waals surface area contributed by atoms with Gasteiger partial charge in [-0.25, -0.2) is 0 Å². The summed E-state index contributed by atoms with van der Waals surface area (Å²) in [5.41, 5.74) is 1.79. The maximum Gasteiger partial charge on any atom is 0.254 e. The summed E-state index contributed by atoms with van der Waals surface area (Å²) < 4.78 is 11.7. The summed E-state index contributed by atoms with van der Waals surface area (Å²) in [5, 5.41) is 0. The second kappa shape index (κ2) is 9.92. The maximum atomic E-state index is 12.6. The van der Waals surface area contributed by atoms with Crippen molar-refractivity contribution in [3.05, 3.63) is 33.8 Å². The van der Waals surface area contributed by atoms with Crippen LogP contribution in [0.15, 0.2) is 22.7 Å². The number of hydrogen-bond donors (Lipinski definition) is 0. The Labute approximate surface area is 135 Å². The summed E-state index contributed by atoms with van der Waals surface area (Å²) in [4.78, 5) is 14.4. The van der Waals surface area contributed by atoms with Crippen molar-refractivity contribution in [2.45, 2.75) is 20.8 Å². The number of rotatable bonds is 9.